The minimum Gasteiger partial charge on any atom is -0.366 e. The Hall–Kier alpha value is -0.310. The monoisotopic (exact) mass is 174 g/mol. The van der Waals surface area contributed by atoms with Gasteiger partial charge in [0.15, 0.2) is 5.11 Å². The van der Waals surface area contributed by atoms with E-state index in [9.17, 15) is 0 Å². The third-order valence-electron chi connectivity index (χ3n) is 2.29. The first-order chi connectivity index (χ1) is 4.95. The van der Waals surface area contributed by atoms with Crippen LogP contribution in [-0.4, -0.2) is 29.6 Å². The lowest BCUT2D eigenvalue weighted by Crippen LogP contribution is -2.48. The number of nitrogens with zero attached hydrogens (tertiary/aromatic N) is 1. The van der Waals surface area contributed by atoms with Gasteiger partial charge in [-0.2, -0.15) is 0 Å². The van der Waals surface area contributed by atoms with Crippen molar-refractivity contribution in [2.75, 3.05) is 14.1 Å². The second kappa shape index (κ2) is 3.90. The average molecular weight is 174 g/mol. The first-order valence-corrected chi connectivity index (χ1v) is 4.32. The van der Waals surface area contributed by atoms with Crippen molar-refractivity contribution in [3.8, 4) is 0 Å². The van der Waals surface area contributed by atoms with E-state index in [0.29, 0.717) is 0 Å². The van der Waals surface area contributed by atoms with E-state index in [0.717, 1.165) is 11.5 Å². The van der Waals surface area contributed by atoms with Crippen molar-refractivity contribution in [1.29, 1.82) is 0 Å². The van der Waals surface area contributed by atoms with Gasteiger partial charge in [-0.05, 0) is 32.5 Å². The third-order valence-corrected chi connectivity index (χ3v) is 2.77. The van der Waals surface area contributed by atoms with Crippen molar-refractivity contribution in [2.24, 2.45) is 0 Å². The van der Waals surface area contributed by atoms with Crippen LogP contribution in [-0.2, 0) is 0 Å². The molecule has 0 rings (SSSR count). The van der Waals surface area contributed by atoms with E-state index in [-0.39, 0.29) is 5.54 Å². The van der Waals surface area contributed by atoms with E-state index >= 15 is 0 Å². The van der Waals surface area contributed by atoms with Gasteiger partial charge in [-0.25, -0.2) is 0 Å². The van der Waals surface area contributed by atoms with Gasteiger partial charge < -0.3 is 10.2 Å². The first-order valence-electron chi connectivity index (χ1n) is 3.91. The fraction of sp³-hybridized carbons (Fsp3) is 0.875. The Morgan fingerprint density at radius 3 is 2.27 bits per heavy atom. The lowest BCUT2D eigenvalue weighted by Gasteiger charge is -2.36. The fourth-order valence-electron chi connectivity index (χ4n) is 0.680. The standard InChI is InChI=1S/C8H18N2S/c1-6-8(2,3)10(5)7(11)9-4/h6H2,1-5H3,(H,9,11). The van der Waals surface area contributed by atoms with E-state index in [2.05, 4.69) is 31.0 Å². The van der Waals surface area contributed by atoms with Gasteiger partial charge >= 0.3 is 0 Å². The number of thiocarbonyl (C=S) groups is 1. The number of nitrogens with one attached hydrogen (secondary N) is 1. The Kier molecular flexibility index (Phi) is 3.79. The highest BCUT2D eigenvalue weighted by atomic mass is 32.1. The summed E-state index contributed by atoms with van der Waals surface area (Å²) in [5, 5.41) is 3.77. The Morgan fingerprint density at radius 2 is 2.00 bits per heavy atom. The molecule has 11 heavy (non-hydrogen) atoms. The van der Waals surface area contributed by atoms with Crippen LogP contribution in [0, 0.1) is 0 Å². The van der Waals surface area contributed by atoms with Crippen LogP contribution >= 0.6 is 12.2 Å². The molecular formula is C8H18N2S. The highest BCUT2D eigenvalue weighted by Gasteiger charge is 2.22. The van der Waals surface area contributed by atoms with Gasteiger partial charge in [0, 0.05) is 19.6 Å². The minimum absolute atomic E-state index is 0.153. The van der Waals surface area contributed by atoms with Crippen LogP contribution in [0.15, 0.2) is 0 Å². The number of hydrogen-bond donors (Lipinski definition) is 1. The maximum absolute atomic E-state index is 5.11. The van der Waals surface area contributed by atoms with Gasteiger partial charge in [0.1, 0.15) is 0 Å². The Balaban J connectivity index is 4.22. The minimum atomic E-state index is 0.153. The van der Waals surface area contributed by atoms with Gasteiger partial charge in [0.2, 0.25) is 0 Å². The summed E-state index contributed by atoms with van der Waals surface area (Å²) in [6.07, 6.45) is 1.09. The predicted molar refractivity (Wildman–Crippen MR) is 53.8 cm³/mol. The molecule has 0 atom stereocenters. The van der Waals surface area contributed by atoms with Gasteiger partial charge in [-0.15, -0.1) is 0 Å². The molecule has 0 heterocycles. The summed E-state index contributed by atoms with van der Waals surface area (Å²) in [4.78, 5) is 2.09. The molecule has 3 heteroatoms. The Bertz CT molecular complexity index is 143. The lowest BCUT2D eigenvalue weighted by atomic mass is 10.0. The number of hydrogen-bond acceptors (Lipinski definition) is 1. The lowest BCUT2D eigenvalue weighted by molar-refractivity contribution is 0.244. The molecular weight excluding hydrogens is 156 g/mol. The molecule has 0 spiro atoms. The molecule has 0 radical (unpaired) electrons. The molecule has 1 N–H and O–H groups in total. The van der Waals surface area contributed by atoms with E-state index in [4.69, 9.17) is 12.2 Å². The molecule has 0 bridgehead atoms. The molecule has 0 aliphatic rings. The summed E-state index contributed by atoms with van der Waals surface area (Å²) < 4.78 is 0. The quantitative estimate of drug-likeness (QED) is 0.640. The maximum Gasteiger partial charge on any atom is 0.168 e. The molecule has 2 nitrogen and oxygen atoms in total. The normalized spacial score (nSPS) is 11.0. The molecule has 0 amide bonds. The molecule has 0 aliphatic carbocycles. The van der Waals surface area contributed by atoms with Gasteiger partial charge in [-0.1, -0.05) is 6.92 Å². The molecule has 0 aliphatic heterocycles. The van der Waals surface area contributed by atoms with Crippen molar-refractivity contribution >= 4 is 17.3 Å². The predicted octanol–water partition coefficient (Wildman–Crippen LogP) is 1.61. The van der Waals surface area contributed by atoms with E-state index in [1.54, 1.807) is 0 Å². The van der Waals surface area contributed by atoms with Crippen LogP contribution in [0.1, 0.15) is 27.2 Å². The SMILES string of the molecule is CCC(C)(C)N(C)C(=S)NC. The highest BCUT2D eigenvalue weighted by Crippen LogP contribution is 2.15. The highest BCUT2D eigenvalue weighted by molar-refractivity contribution is 7.80. The Labute approximate surface area is 75.0 Å². The molecule has 0 saturated heterocycles. The van der Waals surface area contributed by atoms with E-state index in [1.165, 1.54) is 0 Å². The summed E-state index contributed by atoms with van der Waals surface area (Å²) in [7, 11) is 3.87. The van der Waals surface area contributed by atoms with Crippen LogP contribution in [0.5, 0.6) is 0 Å². The number of rotatable bonds is 2. The van der Waals surface area contributed by atoms with Crippen LogP contribution < -0.4 is 5.32 Å². The van der Waals surface area contributed by atoms with E-state index < -0.39 is 0 Å². The van der Waals surface area contributed by atoms with Crippen molar-refractivity contribution in [2.45, 2.75) is 32.7 Å². The van der Waals surface area contributed by atoms with E-state index in [1.807, 2.05) is 14.1 Å². The van der Waals surface area contributed by atoms with Crippen LogP contribution in [0.3, 0.4) is 0 Å². The van der Waals surface area contributed by atoms with Crippen LogP contribution in [0.4, 0.5) is 0 Å². The van der Waals surface area contributed by atoms with Gasteiger partial charge in [-0.3, -0.25) is 0 Å². The summed E-state index contributed by atoms with van der Waals surface area (Å²) >= 11 is 5.11. The first kappa shape index (κ1) is 10.7. The molecule has 0 saturated carbocycles. The average Bonchev–Trinajstić information content (AvgIpc) is 2.01. The molecule has 0 aromatic rings. The van der Waals surface area contributed by atoms with Crippen molar-refractivity contribution in [3.63, 3.8) is 0 Å². The molecule has 0 unspecified atom stereocenters. The zero-order valence-corrected chi connectivity index (χ0v) is 8.88. The molecule has 0 fully saturated rings. The van der Waals surface area contributed by atoms with Crippen molar-refractivity contribution in [3.05, 3.63) is 0 Å². The zero-order chi connectivity index (χ0) is 9.07. The smallest absolute Gasteiger partial charge is 0.168 e. The second-order valence-electron chi connectivity index (χ2n) is 3.28. The van der Waals surface area contributed by atoms with Gasteiger partial charge in [0.05, 0.1) is 0 Å². The zero-order valence-electron chi connectivity index (χ0n) is 8.06. The Morgan fingerprint density at radius 1 is 1.55 bits per heavy atom. The second-order valence-corrected chi connectivity index (χ2v) is 3.67. The third kappa shape index (κ3) is 2.66. The van der Waals surface area contributed by atoms with Crippen LogP contribution in [0.25, 0.3) is 0 Å². The van der Waals surface area contributed by atoms with Gasteiger partial charge in [0.25, 0.3) is 0 Å². The maximum atomic E-state index is 5.11. The van der Waals surface area contributed by atoms with Crippen LogP contribution in [0.2, 0.25) is 0 Å². The summed E-state index contributed by atoms with van der Waals surface area (Å²) in [6, 6.07) is 0. The summed E-state index contributed by atoms with van der Waals surface area (Å²) in [6.45, 7) is 6.52. The molecule has 0 aromatic carbocycles. The molecule has 0 aromatic heterocycles. The van der Waals surface area contributed by atoms with Crippen molar-refractivity contribution in [1.82, 2.24) is 10.2 Å². The largest absolute Gasteiger partial charge is 0.366 e. The summed E-state index contributed by atoms with van der Waals surface area (Å²) in [5.41, 5.74) is 0.153. The summed E-state index contributed by atoms with van der Waals surface area (Å²) in [5.74, 6) is 0. The van der Waals surface area contributed by atoms with Crippen molar-refractivity contribution < 1.29 is 0 Å². The fourth-order valence-corrected chi connectivity index (χ4v) is 0.927. The topological polar surface area (TPSA) is 15.3 Å². The molecule has 66 valence electrons.